The summed E-state index contributed by atoms with van der Waals surface area (Å²) in [7, 11) is 0. The molecule has 6 nitrogen and oxygen atoms in total. The van der Waals surface area contributed by atoms with Crippen LogP contribution in [0.5, 0.6) is 0 Å². The topological polar surface area (TPSA) is 84.5 Å². The lowest BCUT2D eigenvalue weighted by Crippen LogP contribution is -2.33. The van der Waals surface area contributed by atoms with Crippen molar-refractivity contribution in [3.8, 4) is 0 Å². The number of rotatable bonds is 5. The van der Waals surface area contributed by atoms with E-state index < -0.39 is 5.97 Å². The summed E-state index contributed by atoms with van der Waals surface area (Å²) in [5.41, 5.74) is 0.771. The minimum absolute atomic E-state index is 0.00991. The van der Waals surface area contributed by atoms with Crippen LogP contribution in [0.3, 0.4) is 0 Å². The fourth-order valence-corrected chi connectivity index (χ4v) is 1.51. The average Bonchev–Trinajstić information content (AvgIpc) is 2.34. The Balaban J connectivity index is 2.59. The van der Waals surface area contributed by atoms with Gasteiger partial charge in [0.25, 0.3) is 5.91 Å². The van der Waals surface area contributed by atoms with Gasteiger partial charge in [-0.3, -0.25) is 9.59 Å². The maximum atomic E-state index is 11.8. The number of hydrogen-bond donors (Lipinski definition) is 2. The fourth-order valence-electron chi connectivity index (χ4n) is 1.51. The molecule has 0 aliphatic carbocycles. The molecule has 0 aliphatic rings. The third-order valence-electron chi connectivity index (χ3n) is 2.20. The van der Waals surface area contributed by atoms with Gasteiger partial charge in [-0.25, -0.2) is 4.79 Å². The van der Waals surface area contributed by atoms with Gasteiger partial charge in [0.1, 0.15) is 0 Å². The van der Waals surface area contributed by atoms with Gasteiger partial charge in [0.15, 0.2) is 6.61 Å². The molecule has 0 unspecified atom stereocenters. The lowest BCUT2D eigenvalue weighted by molar-refractivity contribution is -0.124. The average molecular weight is 278 g/mol. The molecule has 6 heteroatoms. The maximum Gasteiger partial charge on any atom is 0.338 e. The molecule has 0 heterocycles. The first-order chi connectivity index (χ1) is 9.38. The molecule has 0 saturated carbocycles. The number of anilines is 1. The summed E-state index contributed by atoms with van der Waals surface area (Å²) < 4.78 is 4.89. The van der Waals surface area contributed by atoms with Crippen molar-refractivity contribution in [1.29, 1.82) is 0 Å². The Morgan fingerprint density at radius 1 is 1.25 bits per heavy atom. The summed E-state index contributed by atoms with van der Waals surface area (Å²) in [5.74, 6) is -1.20. The van der Waals surface area contributed by atoms with Gasteiger partial charge < -0.3 is 15.4 Å². The van der Waals surface area contributed by atoms with Gasteiger partial charge in [-0.2, -0.15) is 0 Å². The van der Waals surface area contributed by atoms with Crippen LogP contribution in [0.1, 0.15) is 31.1 Å². The number of benzene rings is 1. The Morgan fingerprint density at radius 2 is 1.95 bits per heavy atom. The molecule has 2 N–H and O–H groups in total. The first-order valence-corrected chi connectivity index (χ1v) is 6.22. The highest BCUT2D eigenvalue weighted by molar-refractivity contribution is 5.94. The fraction of sp³-hybridized carbons (Fsp3) is 0.357. The van der Waals surface area contributed by atoms with Crippen molar-refractivity contribution in [2.24, 2.45) is 0 Å². The van der Waals surface area contributed by atoms with E-state index in [0.29, 0.717) is 5.69 Å². The molecule has 0 bridgehead atoms. The highest BCUT2D eigenvalue weighted by Gasteiger charge is 2.11. The van der Waals surface area contributed by atoms with Crippen LogP contribution in [0, 0.1) is 0 Å². The van der Waals surface area contributed by atoms with E-state index in [-0.39, 0.29) is 30.0 Å². The smallest absolute Gasteiger partial charge is 0.338 e. The third-order valence-corrected chi connectivity index (χ3v) is 2.20. The quantitative estimate of drug-likeness (QED) is 0.796. The number of carbonyl (C=O) groups excluding carboxylic acids is 3. The van der Waals surface area contributed by atoms with E-state index in [2.05, 4.69) is 10.6 Å². The first kappa shape index (κ1) is 15.7. The molecule has 2 amide bonds. The van der Waals surface area contributed by atoms with Gasteiger partial charge in [-0.1, -0.05) is 6.07 Å². The van der Waals surface area contributed by atoms with Gasteiger partial charge in [-0.05, 0) is 32.0 Å². The van der Waals surface area contributed by atoms with E-state index >= 15 is 0 Å². The molecule has 20 heavy (non-hydrogen) atoms. The third kappa shape index (κ3) is 5.51. The molecule has 0 fully saturated rings. The second kappa shape index (κ2) is 7.28. The van der Waals surface area contributed by atoms with E-state index in [1.807, 2.05) is 13.8 Å². The predicted octanol–water partition coefficient (Wildman–Crippen LogP) is 1.33. The summed E-state index contributed by atoms with van der Waals surface area (Å²) >= 11 is 0. The lowest BCUT2D eigenvalue weighted by atomic mass is 10.2. The molecule has 1 aromatic rings. The van der Waals surface area contributed by atoms with E-state index in [1.54, 1.807) is 18.2 Å². The molecule has 0 saturated heterocycles. The van der Waals surface area contributed by atoms with Gasteiger partial charge in [0.2, 0.25) is 5.91 Å². The summed E-state index contributed by atoms with van der Waals surface area (Å²) in [6.45, 7) is 4.68. The maximum absolute atomic E-state index is 11.8. The van der Waals surface area contributed by atoms with E-state index in [4.69, 9.17) is 4.74 Å². The molecule has 0 atom stereocenters. The van der Waals surface area contributed by atoms with Crippen molar-refractivity contribution >= 4 is 23.5 Å². The van der Waals surface area contributed by atoms with Crippen LogP contribution in [0.25, 0.3) is 0 Å². The van der Waals surface area contributed by atoms with Gasteiger partial charge in [-0.15, -0.1) is 0 Å². The number of amides is 2. The summed E-state index contributed by atoms with van der Waals surface area (Å²) in [5, 5.41) is 5.18. The van der Waals surface area contributed by atoms with E-state index in [9.17, 15) is 14.4 Å². The lowest BCUT2D eigenvalue weighted by Gasteiger charge is -2.09. The minimum atomic E-state index is -0.615. The molecule has 0 aliphatic heterocycles. The van der Waals surface area contributed by atoms with Crippen molar-refractivity contribution in [2.45, 2.75) is 26.8 Å². The second-order valence-electron chi connectivity index (χ2n) is 4.56. The molecule has 0 aromatic heterocycles. The molecule has 1 rings (SSSR count). The monoisotopic (exact) mass is 278 g/mol. The molecule has 108 valence electrons. The highest BCUT2D eigenvalue weighted by Crippen LogP contribution is 2.11. The summed E-state index contributed by atoms with van der Waals surface area (Å²) in [6.07, 6.45) is 0. The highest BCUT2D eigenvalue weighted by atomic mass is 16.5. The zero-order valence-corrected chi connectivity index (χ0v) is 11.7. The zero-order valence-electron chi connectivity index (χ0n) is 11.7. The van der Waals surface area contributed by atoms with Crippen molar-refractivity contribution in [2.75, 3.05) is 11.9 Å². The standard InChI is InChI=1S/C14H18N2O4/c1-9(2)15-13(18)8-20-14(19)11-5-4-6-12(7-11)16-10(3)17/h4-7,9H,8H2,1-3H3,(H,15,18)(H,16,17). The Labute approximate surface area is 117 Å². The Morgan fingerprint density at radius 3 is 2.55 bits per heavy atom. The van der Waals surface area contributed by atoms with Crippen LogP contribution < -0.4 is 10.6 Å². The van der Waals surface area contributed by atoms with Crippen LogP contribution in [0.2, 0.25) is 0 Å². The molecule has 0 radical (unpaired) electrons. The van der Waals surface area contributed by atoms with Crippen molar-refractivity contribution in [1.82, 2.24) is 5.32 Å². The Bertz CT molecular complexity index is 512. The second-order valence-corrected chi connectivity index (χ2v) is 4.56. The number of hydrogen-bond acceptors (Lipinski definition) is 4. The number of nitrogens with one attached hydrogen (secondary N) is 2. The van der Waals surface area contributed by atoms with Crippen LogP contribution in [-0.4, -0.2) is 30.4 Å². The van der Waals surface area contributed by atoms with E-state index in [1.165, 1.54) is 13.0 Å². The Hall–Kier alpha value is -2.37. The molecular formula is C14H18N2O4. The molecule has 1 aromatic carbocycles. The van der Waals surface area contributed by atoms with Gasteiger partial charge >= 0.3 is 5.97 Å². The predicted molar refractivity (Wildman–Crippen MR) is 74.3 cm³/mol. The van der Waals surface area contributed by atoms with Gasteiger partial charge in [0.05, 0.1) is 5.56 Å². The Kier molecular flexibility index (Phi) is 5.71. The SMILES string of the molecule is CC(=O)Nc1cccc(C(=O)OCC(=O)NC(C)C)c1. The number of esters is 1. The minimum Gasteiger partial charge on any atom is -0.452 e. The zero-order chi connectivity index (χ0) is 15.1. The largest absolute Gasteiger partial charge is 0.452 e. The van der Waals surface area contributed by atoms with Crippen molar-refractivity contribution < 1.29 is 19.1 Å². The van der Waals surface area contributed by atoms with Crippen LogP contribution in [0.4, 0.5) is 5.69 Å². The van der Waals surface area contributed by atoms with Crippen molar-refractivity contribution in [3.63, 3.8) is 0 Å². The number of carbonyl (C=O) groups is 3. The summed E-state index contributed by atoms with van der Waals surface area (Å²) in [4.78, 5) is 34.0. The number of ether oxygens (including phenoxy) is 1. The van der Waals surface area contributed by atoms with Crippen LogP contribution >= 0.6 is 0 Å². The van der Waals surface area contributed by atoms with Crippen LogP contribution in [-0.2, 0) is 14.3 Å². The first-order valence-electron chi connectivity index (χ1n) is 6.22. The normalized spacial score (nSPS) is 10.0. The van der Waals surface area contributed by atoms with Gasteiger partial charge in [0, 0.05) is 18.7 Å². The van der Waals surface area contributed by atoms with Crippen LogP contribution in [0.15, 0.2) is 24.3 Å². The summed E-state index contributed by atoms with van der Waals surface area (Å²) in [6, 6.07) is 6.31. The molecular weight excluding hydrogens is 260 g/mol. The van der Waals surface area contributed by atoms with Crippen molar-refractivity contribution in [3.05, 3.63) is 29.8 Å². The molecule has 0 spiro atoms. The van der Waals surface area contributed by atoms with E-state index in [0.717, 1.165) is 0 Å².